The van der Waals surface area contributed by atoms with Gasteiger partial charge in [0, 0.05) is 26.2 Å². The van der Waals surface area contributed by atoms with Crippen LogP contribution in [0.1, 0.15) is 18.4 Å². The largest absolute Gasteiger partial charge is 0.378 e. The Kier molecular flexibility index (Phi) is 5.23. The number of hydrogen-bond donors (Lipinski definition) is 0. The summed E-state index contributed by atoms with van der Waals surface area (Å²) in [6.45, 7) is 5.22. The fourth-order valence-electron chi connectivity index (χ4n) is 3.88. The van der Waals surface area contributed by atoms with E-state index < -0.39 is 0 Å². The van der Waals surface area contributed by atoms with Crippen molar-refractivity contribution < 1.29 is 14.1 Å². The molecule has 9 heteroatoms. The minimum Gasteiger partial charge on any atom is -0.378 e. The van der Waals surface area contributed by atoms with Crippen LogP contribution in [0.5, 0.6) is 0 Å². The molecule has 0 saturated carbocycles. The van der Waals surface area contributed by atoms with Gasteiger partial charge in [0.15, 0.2) is 11.6 Å². The third kappa shape index (κ3) is 4.01. The molecule has 1 aromatic carbocycles. The van der Waals surface area contributed by atoms with E-state index in [0.717, 1.165) is 50.7 Å². The van der Waals surface area contributed by atoms with E-state index in [9.17, 15) is 0 Å². The third-order valence-corrected chi connectivity index (χ3v) is 5.40. The molecule has 2 aliphatic heterocycles. The Morgan fingerprint density at radius 2 is 1.66 bits per heavy atom. The van der Waals surface area contributed by atoms with E-state index in [-0.39, 0.29) is 6.10 Å². The average molecular weight is 396 g/mol. The number of anilines is 2. The van der Waals surface area contributed by atoms with Crippen molar-refractivity contribution in [3.05, 3.63) is 35.9 Å². The molecule has 2 fully saturated rings. The maximum absolute atomic E-state index is 6.21. The molecule has 0 bridgehead atoms. The molecule has 4 heterocycles. The van der Waals surface area contributed by atoms with E-state index in [4.69, 9.17) is 24.1 Å². The highest BCUT2D eigenvalue weighted by Crippen LogP contribution is 2.30. The molecule has 9 nitrogen and oxygen atoms in total. The van der Waals surface area contributed by atoms with Crippen molar-refractivity contribution in [2.45, 2.75) is 25.6 Å². The molecular formula is C20H24N6O3. The monoisotopic (exact) mass is 396 g/mol. The summed E-state index contributed by atoms with van der Waals surface area (Å²) in [6, 6.07) is 10.3. The molecule has 2 saturated heterocycles. The molecule has 3 aromatic rings. The first-order valence-corrected chi connectivity index (χ1v) is 10.1. The van der Waals surface area contributed by atoms with Crippen LogP contribution in [0.2, 0.25) is 0 Å². The standard InChI is InChI=1S/C20H24N6O3/c1-2-5-15(6-3-1)14-28-16-7-4-8-26(13-16)20-19(25-9-11-27-12-10-25)21-17-18(22-20)24-29-23-17/h1-3,5-6,16H,4,7-14H2/t16-/m0/s1. The van der Waals surface area contributed by atoms with Crippen molar-refractivity contribution >= 4 is 22.9 Å². The Bertz CT molecular complexity index is 944. The molecule has 2 aromatic heterocycles. The van der Waals surface area contributed by atoms with E-state index in [1.54, 1.807) is 0 Å². The number of nitrogens with zero attached hydrogens (tertiary/aromatic N) is 6. The summed E-state index contributed by atoms with van der Waals surface area (Å²) in [7, 11) is 0. The fourth-order valence-corrected chi connectivity index (χ4v) is 3.88. The van der Waals surface area contributed by atoms with Crippen LogP contribution in [-0.4, -0.2) is 65.8 Å². The zero-order valence-corrected chi connectivity index (χ0v) is 16.2. The van der Waals surface area contributed by atoms with Crippen LogP contribution < -0.4 is 9.80 Å². The lowest BCUT2D eigenvalue weighted by Crippen LogP contribution is -2.43. The molecule has 0 aliphatic carbocycles. The average Bonchev–Trinajstić information content (AvgIpc) is 3.26. The van der Waals surface area contributed by atoms with Gasteiger partial charge in [-0.25, -0.2) is 14.6 Å². The fraction of sp³-hybridized carbons (Fsp3) is 0.500. The first kappa shape index (κ1) is 18.3. The van der Waals surface area contributed by atoms with Crippen LogP contribution in [0.25, 0.3) is 11.3 Å². The third-order valence-electron chi connectivity index (χ3n) is 5.40. The molecular weight excluding hydrogens is 372 g/mol. The molecule has 0 spiro atoms. The van der Waals surface area contributed by atoms with Crippen molar-refractivity contribution in [2.75, 3.05) is 49.2 Å². The van der Waals surface area contributed by atoms with Crippen LogP contribution in [0.15, 0.2) is 35.0 Å². The number of ether oxygens (including phenoxy) is 2. The van der Waals surface area contributed by atoms with Crippen LogP contribution in [0, 0.1) is 0 Å². The van der Waals surface area contributed by atoms with Crippen molar-refractivity contribution in [3.8, 4) is 0 Å². The van der Waals surface area contributed by atoms with Gasteiger partial charge in [-0.15, -0.1) is 0 Å². The van der Waals surface area contributed by atoms with Crippen molar-refractivity contribution in [3.63, 3.8) is 0 Å². The second-order valence-electron chi connectivity index (χ2n) is 7.39. The Labute approximate surface area is 168 Å². The first-order valence-electron chi connectivity index (χ1n) is 10.1. The lowest BCUT2D eigenvalue weighted by atomic mass is 10.1. The summed E-state index contributed by atoms with van der Waals surface area (Å²) >= 11 is 0. The summed E-state index contributed by atoms with van der Waals surface area (Å²) in [5.74, 6) is 1.64. The number of aromatic nitrogens is 4. The quantitative estimate of drug-likeness (QED) is 0.642. The number of benzene rings is 1. The zero-order chi connectivity index (χ0) is 19.5. The summed E-state index contributed by atoms with van der Waals surface area (Å²) in [4.78, 5) is 13.9. The molecule has 29 heavy (non-hydrogen) atoms. The molecule has 152 valence electrons. The highest BCUT2D eigenvalue weighted by Gasteiger charge is 2.28. The lowest BCUT2D eigenvalue weighted by molar-refractivity contribution is 0.0314. The number of morpholine rings is 1. The van der Waals surface area contributed by atoms with Crippen LogP contribution in [-0.2, 0) is 16.1 Å². The Hall–Kier alpha value is -2.78. The van der Waals surface area contributed by atoms with E-state index in [2.05, 4.69) is 32.2 Å². The summed E-state index contributed by atoms with van der Waals surface area (Å²) in [6.07, 6.45) is 2.23. The van der Waals surface area contributed by atoms with Gasteiger partial charge in [0.2, 0.25) is 11.3 Å². The topological polar surface area (TPSA) is 89.6 Å². The van der Waals surface area contributed by atoms with Crippen molar-refractivity contribution in [1.29, 1.82) is 0 Å². The molecule has 0 N–H and O–H groups in total. The van der Waals surface area contributed by atoms with Gasteiger partial charge in [-0.2, -0.15) is 0 Å². The van der Waals surface area contributed by atoms with E-state index in [1.165, 1.54) is 5.56 Å². The van der Waals surface area contributed by atoms with Gasteiger partial charge in [-0.1, -0.05) is 30.3 Å². The van der Waals surface area contributed by atoms with Gasteiger partial charge in [0.25, 0.3) is 0 Å². The van der Waals surface area contributed by atoms with Crippen LogP contribution in [0.3, 0.4) is 0 Å². The lowest BCUT2D eigenvalue weighted by Gasteiger charge is -2.36. The molecule has 0 unspecified atom stereocenters. The normalized spacial score (nSPS) is 20.3. The Morgan fingerprint density at radius 3 is 2.41 bits per heavy atom. The molecule has 5 rings (SSSR count). The number of rotatable bonds is 5. The molecule has 0 amide bonds. The van der Waals surface area contributed by atoms with Crippen molar-refractivity contribution in [2.24, 2.45) is 0 Å². The van der Waals surface area contributed by atoms with Gasteiger partial charge in [0.05, 0.1) is 25.9 Å². The number of piperidine rings is 1. The number of fused-ring (bicyclic) bond motifs is 1. The molecule has 2 aliphatic rings. The summed E-state index contributed by atoms with van der Waals surface area (Å²) in [5, 5.41) is 7.77. The maximum Gasteiger partial charge on any atom is 0.245 e. The SMILES string of the molecule is c1ccc(CO[C@H]2CCCN(c3nc4nonc4nc3N3CCOCC3)C2)cc1. The Balaban J connectivity index is 1.37. The van der Waals surface area contributed by atoms with Crippen molar-refractivity contribution in [1.82, 2.24) is 20.3 Å². The predicted molar refractivity (Wildman–Crippen MR) is 107 cm³/mol. The van der Waals surface area contributed by atoms with Gasteiger partial charge >= 0.3 is 0 Å². The van der Waals surface area contributed by atoms with E-state index in [0.29, 0.717) is 31.1 Å². The van der Waals surface area contributed by atoms with Gasteiger partial charge < -0.3 is 19.3 Å². The minimum atomic E-state index is 0.148. The highest BCUT2D eigenvalue weighted by molar-refractivity contribution is 5.74. The summed E-state index contributed by atoms with van der Waals surface area (Å²) < 4.78 is 16.6. The molecule has 1 atom stereocenters. The predicted octanol–water partition coefficient (Wildman–Crippen LogP) is 2.03. The van der Waals surface area contributed by atoms with E-state index >= 15 is 0 Å². The van der Waals surface area contributed by atoms with Gasteiger partial charge in [-0.3, -0.25) is 0 Å². The Morgan fingerprint density at radius 1 is 0.931 bits per heavy atom. The van der Waals surface area contributed by atoms with Gasteiger partial charge in [0.1, 0.15) is 0 Å². The minimum absolute atomic E-state index is 0.148. The second kappa shape index (κ2) is 8.30. The first-order chi connectivity index (χ1) is 14.4. The maximum atomic E-state index is 6.21. The van der Waals surface area contributed by atoms with Gasteiger partial charge in [-0.05, 0) is 28.7 Å². The zero-order valence-electron chi connectivity index (χ0n) is 16.2. The molecule has 0 radical (unpaired) electrons. The van der Waals surface area contributed by atoms with Crippen LogP contribution in [0.4, 0.5) is 11.6 Å². The second-order valence-corrected chi connectivity index (χ2v) is 7.39. The van der Waals surface area contributed by atoms with Crippen LogP contribution >= 0.6 is 0 Å². The van der Waals surface area contributed by atoms with E-state index in [1.807, 2.05) is 18.2 Å². The smallest absolute Gasteiger partial charge is 0.245 e. The summed E-state index contributed by atoms with van der Waals surface area (Å²) in [5.41, 5.74) is 2.06. The number of hydrogen-bond acceptors (Lipinski definition) is 9. The highest BCUT2D eigenvalue weighted by atomic mass is 16.6.